The Kier molecular flexibility index (Phi) is 4.92. The standard InChI is InChI=1S/C18H17ClN4S/c1-12(2)14-5-3-13(4-6-14)11-20-23-17(21-22-18(23)24)15-7-9-16(19)10-8-15/h3-12H,1-2H3,(H,22,24)/b20-11-. The number of benzene rings is 2. The van der Waals surface area contributed by atoms with Crippen LogP contribution in [0.2, 0.25) is 5.02 Å². The second kappa shape index (κ2) is 7.11. The van der Waals surface area contributed by atoms with Crippen molar-refractivity contribution in [1.29, 1.82) is 0 Å². The highest BCUT2D eigenvalue weighted by Crippen LogP contribution is 2.20. The molecule has 1 N–H and O–H groups in total. The molecule has 0 atom stereocenters. The Bertz CT molecular complexity index is 905. The molecule has 0 aliphatic carbocycles. The van der Waals surface area contributed by atoms with Crippen molar-refractivity contribution in [2.24, 2.45) is 5.10 Å². The quantitative estimate of drug-likeness (QED) is 0.511. The van der Waals surface area contributed by atoms with Crippen molar-refractivity contribution >= 4 is 30.0 Å². The van der Waals surface area contributed by atoms with Gasteiger partial charge in [-0.15, -0.1) is 0 Å². The van der Waals surface area contributed by atoms with Crippen molar-refractivity contribution in [3.8, 4) is 11.4 Å². The van der Waals surface area contributed by atoms with Crippen molar-refractivity contribution in [3.63, 3.8) is 0 Å². The molecule has 6 heteroatoms. The van der Waals surface area contributed by atoms with E-state index < -0.39 is 0 Å². The normalized spacial score (nSPS) is 11.5. The van der Waals surface area contributed by atoms with Crippen molar-refractivity contribution in [3.05, 3.63) is 69.5 Å². The van der Waals surface area contributed by atoms with E-state index in [0.717, 1.165) is 11.1 Å². The average molecular weight is 357 g/mol. The highest BCUT2D eigenvalue weighted by atomic mass is 35.5. The molecule has 1 heterocycles. The highest BCUT2D eigenvalue weighted by molar-refractivity contribution is 7.71. The van der Waals surface area contributed by atoms with Crippen molar-refractivity contribution in [2.45, 2.75) is 19.8 Å². The molecule has 0 spiro atoms. The van der Waals surface area contributed by atoms with Crippen LogP contribution in [-0.2, 0) is 0 Å². The molecule has 0 aliphatic heterocycles. The lowest BCUT2D eigenvalue weighted by atomic mass is 10.0. The summed E-state index contributed by atoms with van der Waals surface area (Å²) in [6.07, 6.45) is 1.77. The van der Waals surface area contributed by atoms with E-state index in [1.54, 1.807) is 10.9 Å². The van der Waals surface area contributed by atoms with Gasteiger partial charge in [-0.2, -0.15) is 14.9 Å². The van der Waals surface area contributed by atoms with Gasteiger partial charge in [0.05, 0.1) is 6.21 Å². The Hall–Kier alpha value is -2.24. The van der Waals surface area contributed by atoms with Crippen molar-refractivity contribution in [2.75, 3.05) is 0 Å². The van der Waals surface area contributed by atoms with Crippen LogP contribution in [0.4, 0.5) is 0 Å². The summed E-state index contributed by atoms with van der Waals surface area (Å²) in [6, 6.07) is 15.7. The molecule has 122 valence electrons. The Morgan fingerprint density at radius 3 is 2.42 bits per heavy atom. The Labute approximate surface area is 150 Å². The number of hydrogen-bond donors (Lipinski definition) is 1. The molecule has 0 saturated carbocycles. The monoisotopic (exact) mass is 356 g/mol. The summed E-state index contributed by atoms with van der Waals surface area (Å²) in [5, 5.41) is 12.2. The molecule has 1 aromatic heterocycles. The second-order valence-corrected chi connectivity index (χ2v) is 6.56. The molecule has 0 aliphatic rings. The number of aromatic amines is 1. The zero-order valence-corrected chi connectivity index (χ0v) is 15.0. The van der Waals surface area contributed by atoms with Crippen LogP contribution in [0.5, 0.6) is 0 Å². The summed E-state index contributed by atoms with van der Waals surface area (Å²) in [4.78, 5) is 0. The fraction of sp³-hybridized carbons (Fsp3) is 0.167. The van der Waals surface area contributed by atoms with Crippen molar-refractivity contribution < 1.29 is 0 Å². The number of hydrogen-bond acceptors (Lipinski definition) is 3. The summed E-state index contributed by atoms with van der Waals surface area (Å²) < 4.78 is 2.05. The molecular weight excluding hydrogens is 340 g/mol. The van der Waals surface area contributed by atoms with Gasteiger partial charge in [0.25, 0.3) is 0 Å². The van der Waals surface area contributed by atoms with E-state index >= 15 is 0 Å². The van der Waals surface area contributed by atoms with E-state index in [1.807, 2.05) is 36.4 Å². The van der Waals surface area contributed by atoms with Gasteiger partial charge >= 0.3 is 0 Å². The molecule has 0 saturated heterocycles. The van der Waals surface area contributed by atoms with Gasteiger partial charge in [-0.1, -0.05) is 49.7 Å². The maximum Gasteiger partial charge on any atom is 0.216 e. The summed E-state index contributed by atoms with van der Waals surface area (Å²) in [7, 11) is 0. The van der Waals surface area contributed by atoms with Crippen LogP contribution in [0.25, 0.3) is 11.4 Å². The number of aromatic nitrogens is 3. The van der Waals surface area contributed by atoms with E-state index in [-0.39, 0.29) is 0 Å². The van der Waals surface area contributed by atoms with Crippen LogP contribution in [0.3, 0.4) is 0 Å². The molecule has 0 amide bonds. The molecule has 0 radical (unpaired) electrons. The largest absolute Gasteiger partial charge is 0.250 e. The van der Waals surface area contributed by atoms with E-state index in [4.69, 9.17) is 23.8 Å². The number of H-pyrrole nitrogens is 1. The van der Waals surface area contributed by atoms with Gasteiger partial charge in [0.15, 0.2) is 5.82 Å². The van der Waals surface area contributed by atoms with E-state index in [0.29, 0.717) is 21.5 Å². The second-order valence-electron chi connectivity index (χ2n) is 5.74. The lowest BCUT2D eigenvalue weighted by molar-refractivity contribution is 0.865. The SMILES string of the molecule is CC(C)c1ccc(/C=N\n2c(-c3ccc(Cl)cc3)n[nH]c2=S)cc1. The van der Waals surface area contributed by atoms with Gasteiger partial charge in [-0.25, -0.2) is 5.10 Å². The molecule has 4 nitrogen and oxygen atoms in total. The number of nitrogens with one attached hydrogen (secondary N) is 1. The van der Waals surface area contributed by atoms with Crippen LogP contribution in [0.15, 0.2) is 53.6 Å². The highest BCUT2D eigenvalue weighted by Gasteiger charge is 2.07. The molecule has 2 aromatic carbocycles. The first-order chi connectivity index (χ1) is 11.5. The molecule has 0 bridgehead atoms. The van der Waals surface area contributed by atoms with Crippen LogP contribution in [-0.4, -0.2) is 21.1 Å². The molecule has 0 unspecified atom stereocenters. The third-order valence-electron chi connectivity index (χ3n) is 3.68. The van der Waals surface area contributed by atoms with E-state index in [9.17, 15) is 0 Å². The first kappa shape index (κ1) is 16.6. The third kappa shape index (κ3) is 3.63. The smallest absolute Gasteiger partial charge is 0.216 e. The lowest BCUT2D eigenvalue weighted by Gasteiger charge is -2.04. The van der Waals surface area contributed by atoms with Gasteiger partial charge in [0.2, 0.25) is 4.77 Å². The van der Waals surface area contributed by atoms with Gasteiger partial charge in [0.1, 0.15) is 0 Å². The van der Waals surface area contributed by atoms with Gasteiger partial charge < -0.3 is 0 Å². The Morgan fingerprint density at radius 2 is 1.79 bits per heavy atom. The van der Waals surface area contributed by atoms with Gasteiger partial charge in [-0.3, -0.25) is 0 Å². The predicted molar refractivity (Wildman–Crippen MR) is 101 cm³/mol. The fourth-order valence-corrected chi connectivity index (χ4v) is 2.58. The minimum atomic E-state index is 0.440. The zero-order valence-electron chi connectivity index (χ0n) is 13.4. The van der Waals surface area contributed by atoms with Crippen molar-refractivity contribution in [1.82, 2.24) is 14.9 Å². The number of rotatable bonds is 4. The first-order valence-electron chi connectivity index (χ1n) is 7.62. The summed E-state index contributed by atoms with van der Waals surface area (Å²) in [5.74, 6) is 1.15. The van der Waals surface area contributed by atoms with Crippen LogP contribution in [0, 0.1) is 4.77 Å². The maximum absolute atomic E-state index is 5.94. The van der Waals surface area contributed by atoms with E-state index in [2.05, 4.69) is 41.3 Å². The maximum atomic E-state index is 5.94. The van der Waals surface area contributed by atoms with E-state index in [1.165, 1.54) is 5.56 Å². The average Bonchev–Trinajstić information content (AvgIpc) is 2.95. The Balaban J connectivity index is 1.91. The number of nitrogens with zero attached hydrogens (tertiary/aromatic N) is 3. The molecule has 0 fully saturated rings. The molecule has 3 aromatic rings. The lowest BCUT2D eigenvalue weighted by Crippen LogP contribution is -1.95. The number of halogens is 1. The van der Waals surface area contributed by atoms with Crippen LogP contribution in [0.1, 0.15) is 30.9 Å². The van der Waals surface area contributed by atoms with Crippen LogP contribution < -0.4 is 0 Å². The van der Waals surface area contributed by atoms with Gasteiger partial charge in [0, 0.05) is 10.6 Å². The molecule has 3 rings (SSSR count). The third-order valence-corrected chi connectivity index (χ3v) is 4.19. The minimum absolute atomic E-state index is 0.440. The summed E-state index contributed by atoms with van der Waals surface area (Å²) in [5.41, 5.74) is 3.19. The zero-order chi connectivity index (χ0) is 17.1. The fourth-order valence-electron chi connectivity index (χ4n) is 2.28. The first-order valence-corrected chi connectivity index (χ1v) is 8.41. The topological polar surface area (TPSA) is 46.0 Å². The molecule has 24 heavy (non-hydrogen) atoms. The minimum Gasteiger partial charge on any atom is -0.250 e. The Morgan fingerprint density at radius 1 is 1.12 bits per heavy atom. The predicted octanol–water partition coefficient (Wildman–Crippen LogP) is 5.27. The summed E-state index contributed by atoms with van der Waals surface area (Å²) in [6.45, 7) is 4.35. The van der Waals surface area contributed by atoms with Gasteiger partial charge in [-0.05, 0) is 53.5 Å². The summed E-state index contributed by atoms with van der Waals surface area (Å²) >= 11 is 11.2. The van der Waals surface area contributed by atoms with Crippen LogP contribution >= 0.6 is 23.8 Å². The molecular formula is C18H17ClN4S.